The molecule has 4 heteroatoms. The molecule has 0 aromatic heterocycles. The van der Waals surface area contributed by atoms with E-state index >= 15 is 0 Å². The van der Waals surface area contributed by atoms with Gasteiger partial charge in [-0.05, 0) is 23.8 Å². The van der Waals surface area contributed by atoms with Crippen molar-refractivity contribution in [3.05, 3.63) is 35.4 Å². The van der Waals surface area contributed by atoms with Gasteiger partial charge in [0.15, 0.2) is 0 Å². The van der Waals surface area contributed by atoms with Gasteiger partial charge in [-0.15, -0.1) is 0 Å². The van der Waals surface area contributed by atoms with Crippen LogP contribution < -0.4 is 5.73 Å². The Bertz CT molecular complexity index is 430. The lowest BCUT2D eigenvalue weighted by molar-refractivity contribution is 0.0696. The van der Waals surface area contributed by atoms with E-state index in [-0.39, 0.29) is 5.56 Å². The quantitative estimate of drug-likeness (QED) is 0.543. The van der Waals surface area contributed by atoms with Crippen LogP contribution in [0.2, 0.25) is 0 Å². The van der Waals surface area contributed by atoms with Gasteiger partial charge in [0.1, 0.15) is 0 Å². The Labute approximate surface area is 80.9 Å². The minimum Gasteiger partial charge on any atom is -0.478 e. The second kappa shape index (κ2) is 4.10. The Morgan fingerprint density at radius 2 is 2.29 bits per heavy atom. The number of nitrogen functional groups attached to an aromatic ring is 1. The van der Waals surface area contributed by atoms with Crippen molar-refractivity contribution in [2.75, 3.05) is 5.73 Å². The van der Waals surface area contributed by atoms with E-state index in [1.807, 2.05) is 0 Å². The van der Waals surface area contributed by atoms with Crippen molar-refractivity contribution in [1.82, 2.24) is 0 Å². The average molecular weight is 188 g/mol. The largest absolute Gasteiger partial charge is 0.478 e. The molecule has 0 unspecified atom stereocenters. The average Bonchev–Trinajstić information content (AvgIpc) is 2.15. The lowest BCUT2D eigenvalue weighted by Gasteiger charge is -2.01. The van der Waals surface area contributed by atoms with E-state index in [1.165, 1.54) is 18.2 Å². The summed E-state index contributed by atoms with van der Waals surface area (Å²) in [4.78, 5) is 10.8. The maximum atomic E-state index is 10.8. The molecule has 0 saturated carbocycles. The number of benzene rings is 1. The fourth-order valence-corrected chi connectivity index (χ4v) is 1.03. The smallest absolute Gasteiger partial charge is 0.336 e. The molecule has 1 aromatic rings. The molecule has 3 N–H and O–H groups in total. The lowest BCUT2D eigenvalue weighted by Crippen LogP contribution is -2.00. The summed E-state index contributed by atoms with van der Waals surface area (Å²) in [7, 11) is 0. The van der Waals surface area contributed by atoms with Crippen LogP contribution in [0.3, 0.4) is 0 Å². The van der Waals surface area contributed by atoms with Gasteiger partial charge in [-0.3, -0.25) is 0 Å². The van der Waals surface area contributed by atoms with Gasteiger partial charge < -0.3 is 10.8 Å². The predicted molar refractivity (Wildman–Crippen MR) is 52.5 cm³/mol. The molecule has 14 heavy (non-hydrogen) atoms. The maximum absolute atomic E-state index is 10.8. The highest BCUT2D eigenvalue weighted by Gasteiger charge is 2.07. The molecule has 0 aliphatic rings. The van der Waals surface area contributed by atoms with Crippen LogP contribution in [-0.2, 0) is 0 Å². The van der Waals surface area contributed by atoms with E-state index in [1.54, 1.807) is 18.2 Å². The van der Waals surface area contributed by atoms with Crippen molar-refractivity contribution in [2.24, 2.45) is 0 Å². The Hall–Kier alpha value is -2.28. The Morgan fingerprint density at radius 1 is 1.57 bits per heavy atom. The van der Waals surface area contributed by atoms with Gasteiger partial charge in [0.05, 0.1) is 11.6 Å². The molecule has 0 aliphatic carbocycles. The summed E-state index contributed by atoms with van der Waals surface area (Å²) in [6, 6.07) is 6.30. The van der Waals surface area contributed by atoms with E-state index < -0.39 is 5.97 Å². The van der Waals surface area contributed by atoms with Crippen LogP contribution in [0, 0.1) is 11.3 Å². The molecule has 0 radical (unpaired) electrons. The van der Waals surface area contributed by atoms with Gasteiger partial charge in [0.2, 0.25) is 0 Å². The molecule has 0 bridgehead atoms. The highest BCUT2D eigenvalue weighted by Crippen LogP contribution is 2.15. The lowest BCUT2D eigenvalue weighted by atomic mass is 10.1. The van der Waals surface area contributed by atoms with Crippen molar-refractivity contribution in [3.63, 3.8) is 0 Å². The standard InChI is InChI=1S/C10H8N2O2/c11-5-1-2-7-3-4-8(12)6-9(7)10(13)14/h1-4,6H,12H2,(H,13,14). The number of hydrogen-bond acceptors (Lipinski definition) is 3. The zero-order chi connectivity index (χ0) is 10.6. The summed E-state index contributed by atoms with van der Waals surface area (Å²) in [5.74, 6) is -1.06. The minimum atomic E-state index is -1.06. The van der Waals surface area contributed by atoms with Crippen LogP contribution in [0.25, 0.3) is 6.08 Å². The van der Waals surface area contributed by atoms with Crippen LogP contribution >= 0.6 is 0 Å². The fourth-order valence-electron chi connectivity index (χ4n) is 1.03. The highest BCUT2D eigenvalue weighted by molar-refractivity contribution is 5.93. The zero-order valence-electron chi connectivity index (χ0n) is 7.27. The van der Waals surface area contributed by atoms with E-state index in [2.05, 4.69) is 0 Å². The third-order valence-corrected chi connectivity index (χ3v) is 1.65. The molecule has 70 valence electrons. The van der Waals surface area contributed by atoms with Crippen molar-refractivity contribution in [1.29, 1.82) is 5.26 Å². The summed E-state index contributed by atoms with van der Waals surface area (Å²) < 4.78 is 0. The highest BCUT2D eigenvalue weighted by atomic mass is 16.4. The SMILES string of the molecule is N#CC=Cc1ccc(N)cc1C(=O)O. The second-order valence-electron chi connectivity index (χ2n) is 2.61. The first kappa shape index (κ1) is 9.81. The van der Waals surface area contributed by atoms with Crippen molar-refractivity contribution in [3.8, 4) is 6.07 Å². The molecule has 0 saturated heterocycles. The number of allylic oxidation sites excluding steroid dienone is 1. The number of nitriles is 1. The number of carboxylic acids is 1. The predicted octanol–water partition coefficient (Wildman–Crippen LogP) is 1.50. The maximum Gasteiger partial charge on any atom is 0.336 e. The normalized spacial score (nSPS) is 9.93. The van der Waals surface area contributed by atoms with E-state index in [0.717, 1.165) is 0 Å². The number of carbonyl (C=O) groups is 1. The van der Waals surface area contributed by atoms with Crippen molar-refractivity contribution >= 4 is 17.7 Å². The number of hydrogen-bond donors (Lipinski definition) is 2. The number of rotatable bonds is 2. The van der Waals surface area contributed by atoms with E-state index in [0.29, 0.717) is 11.3 Å². The zero-order valence-corrected chi connectivity index (χ0v) is 7.27. The second-order valence-corrected chi connectivity index (χ2v) is 2.61. The fraction of sp³-hybridized carbons (Fsp3) is 0. The van der Waals surface area contributed by atoms with E-state index in [4.69, 9.17) is 16.1 Å². The Kier molecular flexibility index (Phi) is 2.87. The third kappa shape index (κ3) is 2.11. The van der Waals surface area contributed by atoms with Crippen molar-refractivity contribution < 1.29 is 9.90 Å². The van der Waals surface area contributed by atoms with Crippen LogP contribution in [-0.4, -0.2) is 11.1 Å². The Morgan fingerprint density at radius 3 is 2.86 bits per heavy atom. The van der Waals surface area contributed by atoms with Gasteiger partial charge in [-0.1, -0.05) is 6.07 Å². The first-order valence-corrected chi connectivity index (χ1v) is 3.84. The molecule has 0 aliphatic heterocycles. The molecular formula is C10H8N2O2. The summed E-state index contributed by atoms with van der Waals surface area (Å²) >= 11 is 0. The first-order chi connectivity index (χ1) is 6.65. The Balaban J connectivity index is 3.23. The number of nitrogens with zero attached hydrogens (tertiary/aromatic N) is 1. The number of anilines is 1. The molecular weight excluding hydrogens is 180 g/mol. The summed E-state index contributed by atoms with van der Waals surface area (Å²) in [5.41, 5.74) is 6.39. The number of carboxylic acid groups (broad SMARTS) is 1. The first-order valence-electron chi connectivity index (χ1n) is 3.84. The molecule has 0 atom stereocenters. The minimum absolute atomic E-state index is 0.0940. The van der Waals surface area contributed by atoms with Gasteiger partial charge in [-0.2, -0.15) is 5.26 Å². The van der Waals surface area contributed by atoms with Gasteiger partial charge in [-0.25, -0.2) is 4.79 Å². The van der Waals surface area contributed by atoms with Gasteiger partial charge in [0.25, 0.3) is 0 Å². The summed E-state index contributed by atoms with van der Waals surface area (Å²) in [6.45, 7) is 0. The molecule has 1 rings (SSSR count). The molecule has 0 amide bonds. The molecule has 4 nitrogen and oxygen atoms in total. The summed E-state index contributed by atoms with van der Waals surface area (Å²) in [6.07, 6.45) is 2.65. The third-order valence-electron chi connectivity index (χ3n) is 1.65. The summed E-state index contributed by atoms with van der Waals surface area (Å²) in [5, 5.41) is 17.1. The van der Waals surface area contributed by atoms with Gasteiger partial charge in [0, 0.05) is 11.8 Å². The van der Waals surface area contributed by atoms with Crippen LogP contribution in [0.5, 0.6) is 0 Å². The molecule has 0 spiro atoms. The van der Waals surface area contributed by atoms with Crippen LogP contribution in [0.15, 0.2) is 24.3 Å². The number of aromatic carboxylic acids is 1. The molecule has 0 fully saturated rings. The topological polar surface area (TPSA) is 87.1 Å². The van der Waals surface area contributed by atoms with Crippen LogP contribution in [0.4, 0.5) is 5.69 Å². The van der Waals surface area contributed by atoms with Gasteiger partial charge >= 0.3 is 5.97 Å². The van der Waals surface area contributed by atoms with Crippen LogP contribution in [0.1, 0.15) is 15.9 Å². The monoisotopic (exact) mass is 188 g/mol. The van der Waals surface area contributed by atoms with Crippen molar-refractivity contribution in [2.45, 2.75) is 0 Å². The molecule has 0 heterocycles. The van der Waals surface area contributed by atoms with E-state index in [9.17, 15) is 4.79 Å². The molecule has 1 aromatic carbocycles. The number of nitrogens with two attached hydrogens (primary N) is 1.